The average molecular weight is 1540 g/mol. The number of aliphatic hydroxyl groups excluding tert-OH is 2. The molecule has 0 aliphatic carbocycles. The molecular weight excluding hydrogens is 1480 g/mol. The van der Waals surface area contributed by atoms with Crippen molar-refractivity contribution in [3.8, 4) is 0 Å². The Balaban J connectivity index is 0.000000287. The second-order valence-corrected chi connectivity index (χ2v) is 35.1. The second-order valence-electron chi connectivity index (χ2n) is 16.0. The van der Waals surface area contributed by atoms with Crippen LogP contribution in [0.15, 0.2) is 60.9 Å². The van der Waals surface area contributed by atoms with Crippen molar-refractivity contribution in [1.82, 2.24) is 34.8 Å². The van der Waals surface area contributed by atoms with Gasteiger partial charge in [0.2, 0.25) is 0 Å². The van der Waals surface area contributed by atoms with E-state index in [1.807, 2.05) is 64.1 Å². The number of hydrogen-bond acceptors (Lipinski definition) is 20. The van der Waals surface area contributed by atoms with Crippen LogP contribution in [0.4, 0.5) is 44.9 Å². The molecule has 29 heteroatoms. The number of carbonyl (C=O) groups is 2. The number of aromatic nitrogens is 6. The first-order chi connectivity index (χ1) is 34.6. The van der Waals surface area contributed by atoms with E-state index >= 15 is 0 Å². The molecule has 2 aromatic carbocycles. The number of quaternary nitrogens is 1. The Morgan fingerprint density at radius 2 is 1.12 bits per heavy atom. The molecule has 2 aliphatic rings. The Morgan fingerprint density at radius 1 is 0.699 bits per heavy atom. The van der Waals surface area contributed by atoms with Crippen molar-refractivity contribution in [3.63, 3.8) is 0 Å². The molecule has 2 saturated heterocycles. The molecule has 0 bridgehead atoms. The molecule has 8 rings (SSSR count). The normalized spacial score (nSPS) is 14.0. The molecule has 0 atom stereocenters. The molecular formula is C44H56Cl2I4N14O7S2. The quantitative estimate of drug-likeness (QED) is 0.0264. The smallest absolute Gasteiger partial charge is 0.255 e. The number of β-amino-alcohol motifs (C(OH)–C–C–N with tert-alkyl or cyclic N) is 1. The molecule has 2 fully saturated rings. The van der Waals surface area contributed by atoms with E-state index in [1.54, 1.807) is 12.1 Å². The molecule has 2 amide bonds. The van der Waals surface area contributed by atoms with Crippen LogP contribution in [0.3, 0.4) is 0 Å². The van der Waals surface area contributed by atoms with Gasteiger partial charge in [-0.15, -0.1) is 24.0 Å². The zero-order valence-electron chi connectivity index (χ0n) is 39.9. The maximum absolute atomic E-state index is 12.7. The van der Waals surface area contributed by atoms with Crippen LogP contribution in [0.2, 0.25) is 10.0 Å². The fourth-order valence-corrected chi connectivity index (χ4v) is 9.37. The molecule has 0 radical (unpaired) electrons. The van der Waals surface area contributed by atoms with E-state index in [1.165, 1.54) is 35.1 Å². The van der Waals surface area contributed by atoms with E-state index in [-0.39, 0.29) is 53.7 Å². The number of aryl methyl sites for hydroxylation is 4. The van der Waals surface area contributed by atoms with Gasteiger partial charge in [0.15, 0.2) is 10.3 Å². The van der Waals surface area contributed by atoms with Gasteiger partial charge in [-0.1, -0.05) is 70.1 Å². The molecule has 0 saturated carbocycles. The molecule has 0 unspecified atom stereocenters. The zero-order valence-corrected chi connectivity index (χ0v) is 51.8. The summed E-state index contributed by atoms with van der Waals surface area (Å²) >= 11 is 20.2. The SMILES string of the molecule is Cc1nc(Nc2ncc(C(=O)Nc3c(C)cccc3Cl)s2)cc(N2CCN(CCO)CC2)n1.Cc1nc(Nc2ncc(C(=O)Nc3c(C)cccc3Cl)s2)cc(N2CC[N+](O)(CCO)CC2)n1.I.I[I-]I.OO. The summed E-state index contributed by atoms with van der Waals surface area (Å²) in [5.41, 5.74) is 2.94. The number of anilines is 8. The van der Waals surface area contributed by atoms with Crippen LogP contribution in [0.1, 0.15) is 42.1 Å². The van der Waals surface area contributed by atoms with E-state index in [0.29, 0.717) is 117 Å². The number of halogens is 6. The van der Waals surface area contributed by atoms with Gasteiger partial charge < -0.3 is 41.3 Å². The first kappa shape index (κ1) is 62.8. The van der Waals surface area contributed by atoms with Crippen molar-refractivity contribution >= 4 is 164 Å². The van der Waals surface area contributed by atoms with Crippen molar-refractivity contribution in [2.75, 3.05) is 110 Å². The van der Waals surface area contributed by atoms with Crippen LogP contribution >= 0.6 is 107 Å². The fraction of sp³-hybridized carbons (Fsp3) is 0.364. The number of rotatable bonds is 14. The predicted octanol–water partition coefficient (Wildman–Crippen LogP) is 5.94. The summed E-state index contributed by atoms with van der Waals surface area (Å²) in [4.78, 5) is 59.5. The summed E-state index contributed by atoms with van der Waals surface area (Å²) in [5, 5.41) is 54.9. The van der Waals surface area contributed by atoms with Gasteiger partial charge in [0.05, 0.1) is 60.1 Å². The third-order valence-corrected chi connectivity index (χ3v) is 13.5. The van der Waals surface area contributed by atoms with Crippen molar-refractivity contribution < 1.29 is 53.4 Å². The van der Waals surface area contributed by atoms with Gasteiger partial charge in [0.25, 0.3) is 11.8 Å². The minimum absolute atomic E-state index is 0. The monoisotopic (exact) mass is 1530 g/mol. The number of amides is 2. The molecule has 6 heterocycles. The summed E-state index contributed by atoms with van der Waals surface area (Å²) in [7, 11) is 0. The number of aliphatic hydroxyl groups is 2. The summed E-state index contributed by atoms with van der Waals surface area (Å²) < 4.78 is -0.139. The molecule has 2 aliphatic heterocycles. The first-order valence-corrected chi connectivity index (χ1v) is 37.0. The number of benzene rings is 2. The minimum Gasteiger partial charge on any atom is -0.255 e. The van der Waals surface area contributed by atoms with Crippen molar-refractivity contribution in [2.24, 2.45) is 0 Å². The molecule has 9 N–H and O–H groups in total. The number of thiazole rings is 2. The van der Waals surface area contributed by atoms with Crippen molar-refractivity contribution in [2.45, 2.75) is 27.7 Å². The number of nitrogens with zero attached hydrogens (tertiary/aromatic N) is 10. The Labute approximate surface area is 487 Å². The maximum atomic E-state index is 12.7. The standard InChI is InChI=1S/C22H26ClN7O3S.C22H26ClN7O2S.I3.HI.H2O2/c1-14-4-3-5-16(23)20(14)28-21(32)17-13-24-22(34-17)27-18-12-19(26-15(2)25-18)29-6-8-30(33,9-7-29)10-11-31;1-14-4-3-5-16(23)20(14)28-21(32)17-13-24-22(33-17)27-18-12-19(26-15(2)25-18)30-8-6-29(7-9-30)10-11-31;1-3-2;;1-2/h3-5,12-13,31,33H,6-11H2,1-2H3,(H-,24,25,26,27,28,32);3-5,12-13,31H,6-11H2,1-2H3,(H,28,32)(H,24,25,26,27);;1H;1-2H/q;;-1;;/p+1. The third kappa shape index (κ3) is 19.0. The summed E-state index contributed by atoms with van der Waals surface area (Å²) in [6.45, 7) is 14.2. The predicted molar refractivity (Wildman–Crippen MR) is 313 cm³/mol. The fourth-order valence-electron chi connectivity index (χ4n) is 7.40. The van der Waals surface area contributed by atoms with Gasteiger partial charge in [0.1, 0.15) is 64.3 Å². The largest absolute Gasteiger partial charge is 0.255 e. The number of piperazine rings is 2. The molecule has 398 valence electrons. The number of nitrogens with one attached hydrogen (secondary N) is 4. The van der Waals surface area contributed by atoms with E-state index in [9.17, 15) is 14.8 Å². The molecule has 0 spiro atoms. The van der Waals surface area contributed by atoms with Gasteiger partial charge in [-0.25, -0.2) is 35.1 Å². The van der Waals surface area contributed by atoms with Crippen molar-refractivity contribution in [1.29, 1.82) is 0 Å². The van der Waals surface area contributed by atoms with E-state index < -0.39 is 0 Å². The number of hydrogen-bond donors (Lipinski definition) is 9. The molecule has 6 aromatic rings. The average Bonchev–Trinajstić information content (AvgIpc) is 4.03. The molecule has 21 nitrogen and oxygen atoms in total. The minimum atomic E-state index is -0.289. The van der Waals surface area contributed by atoms with Gasteiger partial charge in [-0.3, -0.25) is 25.0 Å². The van der Waals surface area contributed by atoms with E-state index in [2.05, 4.69) is 103 Å². The third-order valence-electron chi connectivity index (χ3n) is 11.0. The maximum Gasteiger partial charge on any atom is -0.255 e. The number of carbonyl (C=O) groups excluding carboxylic acids is 2. The zero-order chi connectivity index (χ0) is 52.4. The summed E-state index contributed by atoms with van der Waals surface area (Å²) in [5.74, 6) is 3.47. The topological polar surface area (TPSA) is 270 Å². The van der Waals surface area contributed by atoms with Crippen LogP contribution in [0.25, 0.3) is 0 Å². The molecule has 73 heavy (non-hydrogen) atoms. The number of hydroxylamine groups is 3. The summed E-state index contributed by atoms with van der Waals surface area (Å²) in [6.07, 6.45) is 3.04. The van der Waals surface area contributed by atoms with Gasteiger partial charge in [0, 0.05) is 44.9 Å². The Bertz CT molecular complexity index is 2680. The van der Waals surface area contributed by atoms with Gasteiger partial charge in [-0.05, 0) is 51.0 Å². The van der Waals surface area contributed by atoms with Gasteiger partial charge in [-0.2, -0.15) is 4.65 Å². The van der Waals surface area contributed by atoms with Crippen LogP contribution in [0, 0.1) is 27.7 Å². The second kappa shape index (κ2) is 31.4. The van der Waals surface area contributed by atoms with Gasteiger partial charge >= 0.3 is 50.5 Å². The summed E-state index contributed by atoms with van der Waals surface area (Å²) in [6, 6.07) is 14.6. The number of para-hydroxylation sites is 2. The van der Waals surface area contributed by atoms with Crippen LogP contribution in [0.5, 0.6) is 0 Å². The first-order valence-electron chi connectivity index (χ1n) is 22.0. The van der Waals surface area contributed by atoms with Crippen molar-refractivity contribution in [3.05, 3.63) is 103 Å². The Hall–Kier alpha value is -2.78. The van der Waals surface area contributed by atoms with Crippen LogP contribution in [-0.4, -0.2) is 156 Å². The Morgan fingerprint density at radius 3 is 1.52 bits per heavy atom. The van der Waals surface area contributed by atoms with Crippen LogP contribution < -0.4 is 44.3 Å². The molecule has 4 aromatic heterocycles. The van der Waals surface area contributed by atoms with E-state index in [4.69, 9.17) is 43.9 Å². The van der Waals surface area contributed by atoms with E-state index in [0.717, 1.165) is 48.9 Å². The Kier molecular flexibility index (Phi) is 27.0. The van der Waals surface area contributed by atoms with Crippen LogP contribution in [-0.2, 0) is 0 Å².